The van der Waals surface area contributed by atoms with Crippen molar-refractivity contribution < 1.29 is 27.7 Å². The molecule has 1 aromatic carbocycles. The zero-order valence-electron chi connectivity index (χ0n) is 15.9. The van der Waals surface area contributed by atoms with Crippen LogP contribution in [0.2, 0.25) is 0 Å². The minimum absolute atomic E-state index is 0.0289. The molecule has 1 unspecified atom stereocenters. The fourth-order valence-corrected chi connectivity index (χ4v) is 3.29. The van der Waals surface area contributed by atoms with Crippen LogP contribution in [0.1, 0.15) is 23.0 Å². The van der Waals surface area contributed by atoms with E-state index in [1.807, 2.05) is 0 Å². The van der Waals surface area contributed by atoms with E-state index in [2.05, 4.69) is 26.1 Å². The third kappa shape index (κ3) is 5.01. The van der Waals surface area contributed by atoms with Crippen LogP contribution in [0.3, 0.4) is 0 Å². The Morgan fingerprint density at radius 3 is 2.80 bits per heavy atom. The lowest BCUT2D eigenvalue weighted by molar-refractivity contribution is -0.168. The minimum Gasteiger partial charge on any atom is -0.347 e. The number of carbonyl (C=O) groups excluding carboxylic acids is 2. The van der Waals surface area contributed by atoms with Crippen LogP contribution in [0.4, 0.5) is 5.82 Å². The number of hydrogen-bond donors (Lipinski definition) is 1. The number of carbonyl (C=O) groups is 2. The van der Waals surface area contributed by atoms with Gasteiger partial charge in [0.2, 0.25) is 0 Å². The second-order valence-electron chi connectivity index (χ2n) is 6.15. The predicted molar refractivity (Wildman–Crippen MR) is 107 cm³/mol. The first kappa shape index (κ1) is 21.9. The van der Waals surface area contributed by atoms with Crippen LogP contribution >= 0.6 is 12.3 Å². The summed E-state index contributed by atoms with van der Waals surface area (Å²) in [6.07, 6.45) is -0.155. The molecule has 0 radical (unpaired) electrons. The van der Waals surface area contributed by atoms with Gasteiger partial charge in [0.05, 0.1) is 13.2 Å². The second kappa shape index (κ2) is 10.3. The molecule has 2 aromatic rings. The molecule has 0 saturated carbocycles. The number of aromatic nitrogens is 2. The van der Waals surface area contributed by atoms with Crippen molar-refractivity contribution in [2.75, 3.05) is 12.4 Å². The predicted octanol–water partition coefficient (Wildman–Crippen LogP) is 2.06. The van der Waals surface area contributed by atoms with Gasteiger partial charge in [-0.1, -0.05) is 24.8 Å². The number of anilines is 1. The van der Waals surface area contributed by atoms with Gasteiger partial charge in [-0.05, 0) is 18.2 Å². The molecule has 0 bridgehead atoms. The molecule has 11 heteroatoms. The Labute approximate surface area is 176 Å². The fourth-order valence-electron chi connectivity index (χ4n) is 2.87. The average Bonchev–Trinajstić information content (AvgIpc) is 3.05. The van der Waals surface area contributed by atoms with Crippen LogP contribution in [0.5, 0.6) is 0 Å². The van der Waals surface area contributed by atoms with Gasteiger partial charge in [0.25, 0.3) is 5.91 Å². The lowest BCUT2D eigenvalue weighted by Gasteiger charge is -2.15. The van der Waals surface area contributed by atoms with Crippen molar-refractivity contribution in [2.45, 2.75) is 24.9 Å². The number of nitrogens with zero attached hydrogens (tertiary/aromatic N) is 2. The Kier molecular flexibility index (Phi) is 7.49. The summed E-state index contributed by atoms with van der Waals surface area (Å²) in [6, 6.07) is 10.0. The first-order valence-corrected chi connectivity index (χ1v) is 9.48. The number of rotatable bonds is 9. The number of benzene rings is 1. The average molecular weight is 433 g/mol. The monoisotopic (exact) mass is 433 g/mol. The second-order valence-corrected chi connectivity index (χ2v) is 6.61. The summed E-state index contributed by atoms with van der Waals surface area (Å²) in [5.74, 6) is -0.300. The van der Waals surface area contributed by atoms with Crippen LogP contribution in [-0.4, -0.2) is 41.1 Å². The molecule has 1 N–H and O–H groups in total. The maximum absolute atomic E-state index is 12.5. The molecule has 3 rings (SSSR count). The van der Waals surface area contributed by atoms with E-state index in [1.165, 1.54) is 23.9 Å². The Morgan fingerprint density at radius 2 is 2.13 bits per heavy atom. The zero-order chi connectivity index (χ0) is 21.5. The number of hydrogen-bond acceptors (Lipinski definition) is 9. The Hall–Kier alpha value is -2.83. The SMILES string of the molecule is C=C1C(OSOOC)[C@@H](CC=O)O[C@H]1n1ccc(NC(=O)c2ccccc2)nc1=O. The van der Waals surface area contributed by atoms with Crippen molar-refractivity contribution in [1.82, 2.24) is 9.55 Å². The summed E-state index contributed by atoms with van der Waals surface area (Å²) in [7, 11) is 1.31. The lowest BCUT2D eigenvalue weighted by Crippen LogP contribution is -2.28. The number of ether oxygens (including phenoxy) is 1. The molecule has 1 saturated heterocycles. The Morgan fingerprint density at radius 1 is 1.37 bits per heavy atom. The van der Waals surface area contributed by atoms with Crippen molar-refractivity contribution >= 4 is 30.3 Å². The van der Waals surface area contributed by atoms with E-state index in [-0.39, 0.29) is 12.2 Å². The molecule has 1 fully saturated rings. The van der Waals surface area contributed by atoms with E-state index >= 15 is 0 Å². The molecule has 3 atom stereocenters. The topological polar surface area (TPSA) is 118 Å². The fraction of sp³-hybridized carbons (Fsp3) is 0.263. The Balaban J connectivity index is 1.75. The third-order valence-electron chi connectivity index (χ3n) is 4.25. The van der Waals surface area contributed by atoms with Crippen LogP contribution in [-0.2, 0) is 22.9 Å². The molecular weight excluding hydrogens is 414 g/mol. The van der Waals surface area contributed by atoms with Crippen molar-refractivity contribution in [3.8, 4) is 0 Å². The van der Waals surface area contributed by atoms with Crippen molar-refractivity contribution in [1.29, 1.82) is 0 Å². The standard InChI is InChI=1S/C19H19N3O7S/c1-12-16(28-30-29-26-2)14(9-11-23)27-18(12)22-10-8-15(21-19(22)25)20-17(24)13-6-4-3-5-7-13/h3-8,10-11,14,16,18H,1,9H2,2H3,(H,20,21,24,25)/t14-,16?,18-/m1/s1. The summed E-state index contributed by atoms with van der Waals surface area (Å²) in [6.45, 7) is 3.92. The molecule has 0 aliphatic carbocycles. The van der Waals surface area contributed by atoms with Crippen LogP contribution in [0.15, 0.2) is 59.5 Å². The van der Waals surface area contributed by atoms with Gasteiger partial charge in [-0.3, -0.25) is 13.5 Å². The molecule has 158 valence electrons. The minimum atomic E-state index is -0.901. The quantitative estimate of drug-likeness (QED) is 0.158. The van der Waals surface area contributed by atoms with Crippen LogP contribution in [0, 0.1) is 0 Å². The summed E-state index contributed by atoms with van der Waals surface area (Å²) in [4.78, 5) is 44.1. The normalized spacial score (nSPS) is 20.8. The van der Waals surface area contributed by atoms with E-state index < -0.39 is 30.0 Å². The summed E-state index contributed by atoms with van der Waals surface area (Å²) >= 11 is 0.563. The van der Waals surface area contributed by atoms with Gasteiger partial charge >= 0.3 is 5.69 Å². The first-order chi connectivity index (χ1) is 14.5. The molecule has 1 aliphatic heterocycles. The van der Waals surface area contributed by atoms with E-state index in [9.17, 15) is 14.4 Å². The van der Waals surface area contributed by atoms with Gasteiger partial charge < -0.3 is 14.8 Å². The number of nitrogens with one attached hydrogen (secondary N) is 1. The smallest absolute Gasteiger partial charge is 0.347 e. The highest BCUT2D eigenvalue weighted by molar-refractivity contribution is 7.89. The van der Waals surface area contributed by atoms with Crippen molar-refractivity contribution in [3.63, 3.8) is 0 Å². The number of amides is 1. The molecule has 2 heterocycles. The zero-order valence-corrected chi connectivity index (χ0v) is 16.7. The van der Waals surface area contributed by atoms with E-state index in [1.54, 1.807) is 30.3 Å². The third-order valence-corrected chi connectivity index (χ3v) is 4.73. The highest BCUT2D eigenvalue weighted by Gasteiger charge is 2.41. The highest BCUT2D eigenvalue weighted by Crippen LogP contribution is 2.37. The molecule has 1 amide bonds. The molecule has 1 aromatic heterocycles. The highest BCUT2D eigenvalue weighted by atomic mass is 32.2. The van der Waals surface area contributed by atoms with Gasteiger partial charge in [-0.25, -0.2) is 9.68 Å². The summed E-state index contributed by atoms with van der Waals surface area (Å²) < 4.78 is 17.0. The molecule has 0 spiro atoms. The van der Waals surface area contributed by atoms with E-state index in [0.29, 0.717) is 29.7 Å². The first-order valence-electron chi connectivity index (χ1n) is 8.81. The summed E-state index contributed by atoms with van der Waals surface area (Å²) in [5.41, 5.74) is 0.167. The van der Waals surface area contributed by atoms with Gasteiger partial charge in [-0.2, -0.15) is 4.98 Å². The largest absolute Gasteiger partial charge is 0.351 e. The van der Waals surface area contributed by atoms with Gasteiger partial charge in [0.1, 0.15) is 18.2 Å². The van der Waals surface area contributed by atoms with Gasteiger partial charge in [-0.15, -0.1) is 4.33 Å². The molecular formula is C19H19N3O7S. The summed E-state index contributed by atoms with van der Waals surface area (Å²) in [5, 5.41) is 2.57. The van der Waals surface area contributed by atoms with E-state index in [0.717, 1.165) is 0 Å². The molecule has 1 aliphatic rings. The Bertz CT molecular complexity index is 966. The maximum Gasteiger partial charge on any atom is 0.351 e. The van der Waals surface area contributed by atoms with Gasteiger partial charge in [0.15, 0.2) is 18.6 Å². The maximum atomic E-state index is 12.5. The van der Waals surface area contributed by atoms with Crippen LogP contribution < -0.4 is 11.0 Å². The van der Waals surface area contributed by atoms with Gasteiger partial charge in [0, 0.05) is 23.8 Å². The number of aldehydes is 1. The van der Waals surface area contributed by atoms with Crippen molar-refractivity contribution in [3.05, 3.63) is 70.8 Å². The lowest BCUT2D eigenvalue weighted by atomic mass is 10.1. The molecule has 10 nitrogen and oxygen atoms in total. The molecule has 30 heavy (non-hydrogen) atoms. The van der Waals surface area contributed by atoms with Crippen LogP contribution in [0.25, 0.3) is 0 Å². The van der Waals surface area contributed by atoms with Crippen molar-refractivity contribution in [2.24, 2.45) is 0 Å². The van der Waals surface area contributed by atoms with E-state index in [4.69, 9.17) is 8.92 Å².